The number of rotatable bonds is 3. The minimum Gasteiger partial charge on any atom is -0.359 e. The number of hydrogen-bond acceptors (Lipinski definition) is 3. The fourth-order valence-corrected chi connectivity index (χ4v) is 3.56. The van der Waals surface area contributed by atoms with Crippen LogP contribution in [0.1, 0.15) is 23.0 Å². The zero-order valence-electron chi connectivity index (χ0n) is 14.9. The first-order valence-electron chi connectivity index (χ1n) is 8.64. The van der Waals surface area contributed by atoms with E-state index in [1.165, 1.54) is 4.57 Å². The summed E-state index contributed by atoms with van der Waals surface area (Å²) >= 11 is 5.23. The van der Waals surface area contributed by atoms with Gasteiger partial charge in [-0.2, -0.15) is 0 Å². The Morgan fingerprint density at radius 2 is 1.93 bits per heavy atom. The van der Waals surface area contributed by atoms with Crippen LogP contribution in [0.25, 0.3) is 21.8 Å². The van der Waals surface area contributed by atoms with E-state index in [0.29, 0.717) is 33.5 Å². The summed E-state index contributed by atoms with van der Waals surface area (Å²) in [5.41, 5.74) is 3.65. The molecule has 0 aliphatic carbocycles. The van der Waals surface area contributed by atoms with Crippen LogP contribution in [0.4, 0.5) is 5.69 Å². The lowest BCUT2D eigenvalue weighted by Gasteiger charge is -2.08. The van der Waals surface area contributed by atoms with Gasteiger partial charge in [-0.15, -0.1) is 0 Å². The maximum Gasteiger partial charge on any atom is 0.262 e. The first-order chi connectivity index (χ1) is 13.0. The molecule has 0 saturated carbocycles. The Balaban J connectivity index is 1.69. The van der Waals surface area contributed by atoms with Gasteiger partial charge in [-0.3, -0.25) is 14.2 Å². The molecule has 0 fully saturated rings. The summed E-state index contributed by atoms with van der Waals surface area (Å²) < 4.78 is 1.84. The molecule has 0 aliphatic rings. The third-order valence-electron chi connectivity index (χ3n) is 4.57. The van der Waals surface area contributed by atoms with Crippen LogP contribution in [0.5, 0.6) is 0 Å². The summed E-state index contributed by atoms with van der Waals surface area (Å²) in [6, 6.07) is 12.7. The largest absolute Gasteiger partial charge is 0.359 e. The Morgan fingerprint density at radius 3 is 2.70 bits per heavy atom. The highest BCUT2D eigenvalue weighted by Gasteiger charge is 2.11. The molecule has 136 valence electrons. The average molecular weight is 378 g/mol. The number of carbonyl (C=O) groups is 1. The molecule has 0 atom stereocenters. The molecule has 4 aromatic rings. The summed E-state index contributed by atoms with van der Waals surface area (Å²) in [6.07, 6.45) is 0. The number of hydrogen-bond donors (Lipinski definition) is 3. The summed E-state index contributed by atoms with van der Waals surface area (Å²) in [4.78, 5) is 31.4. The van der Waals surface area contributed by atoms with Gasteiger partial charge in [0.25, 0.3) is 11.5 Å². The van der Waals surface area contributed by atoms with Gasteiger partial charge in [0.1, 0.15) is 0 Å². The summed E-state index contributed by atoms with van der Waals surface area (Å²) in [7, 11) is 0. The van der Waals surface area contributed by atoms with Crippen molar-refractivity contribution in [3.63, 3.8) is 0 Å². The number of H-pyrrole nitrogens is 2. The van der Waals surface area contributed by atoms with Gasteiger partial charge < -0.3 is 15.3 Å². The quantitative estimate of drug-likeness (QED) is 0.469. The molecule has 1 amide bonds. The Morgan fingerprint density at radius 1 is 1.11 bits per heavy atom. The molecule has 0 radical (unpaired) electrons. The fourth-order valence-electron chi connectivity index (χ4n) is 3.24. The number of carbonyl (C=O) groups excluding carboxylic acids is 1. The van der Waals surface area contributed by atoms with Crippen LogP contribution in [0, 0.1) is 11.7 Å². The highest BCUT2D eigenvalue weighted by molar-refractivity contribution is 7.71. The minimum atomic E-state index is -0.248. The maximum atomic E-state index is 12.6. The molecule has 0 aliphatic heterocycles. The first-order valence-corrected chi connectivity index (χ1v) is 9.04. The van der Waals surface area contributed by atoms with Gasteiger partial charge in [-0.05, 0) is 68.5 Å². The van der Waals surface area contributed by atoms with E-state index in [0.717, 1.165) is 16.6 Å². The summed E-state index contributed by atoms with van der Waals surface area (Å²) in [5.74, 6) is -0.248. The highest BCUT2D eigenvalue weighted by atomic mass is 32.1. The number of aromatic amines is 2. The zero-order chi connectivity index (χ0) is 19.1. The van der Waals surface area contributed by atoms with Crippen molar-refractivity contribution in [1.82, 2.24) is 14.5 Å². The highest BCUT2D eigenvalue weighted by Crippen LogP contribution is 2.21. The van der Waals surface area contributed by atoms with Crippen molar-refractivity contribution >= 4 is 45.6 Å². The van der Waals surface area contributed by atoms with E-state index < -0.39 is 0 Å². The van der Waals surface area contributed by atoms with Crippen molar-refractivity contribution in [2.75, 3.05) is 5.32 Å². The van der Waals surface area contributed by atoms with Crippen LogP contribution in [-0.2, 0) is 6.54 Å². The van der Waals surface area contributed by atoms with Gasteiger partial charge in [0.05, 0.1) is 10.9 Å². The molecule has 0 saturated heterocycles. The van der Waals surface area contributed by atoms with Gasteiger partial charge in [0.2, 0.25) is 0 Å². The second kappa shape index (κ2) is 6.51. The molecule has 0 spiro atoms. The molecule has 7 heteroatoms. The molecule has 2 aromatic heterocycles. The second-order valence-electron chi connectivity index (χ2n) is 6.45. The van der Waals surface area contributed by atoms with Gasteiger partial charge in [0.15, 0.2) is 4.77 Å². The molecular weight excluding hydrogens is 360 g/mol. The zero-order valence-corrected chi connectivity index (χ0v) is 15.7. The maximum absolute atomic E-state index is 12.6. The van der Waals surface area contributed by atoms with Gasteiger partial charge >= 0.3 is 0 Å². The molecule has 0 unspecified atom stereocenters. The summed E-state index contributed by atoms with van der Waals surface area (Å²) in [6.45, 7) is 4.35. The van der Waals surface area contributed by atoms with Crippen LogP contribution in [-0.4, -0.2) is 20.4 Å². The molecule has 3 N–H and O–H groups in total. The number of fused-ring (bicyclic) bond motifs is 2. The molecule has 4 rings (SSSR count). The smallest absolute Gasteiger partial charge is 0.262 e. The molecule has 2 aromatic carbocycles. The predicted molar refractivity (Wildman–Crippen MR) is 110 cm³/mol. The second-order valence-corrected chi connectivity index (χ2v) is 6.84. The Labute approximate surface area is 159 Å². The molecule has 27 heavy (non-hydrogen) atoms. The topological polar surface area (TPSA) is 82.7 Å². The third-order valence-corrected chi connectivity index (χ3v) is 4.90. The Kier molecular flexibility index (Phi) is 4.16. The van der Waals surface area contributed by atoms with E-state index in [1.54, 1.807) is 18.2 Å². The Bertz CT molecular complexity index is 1310. The Hall–Kier alpha value is -3.19. The van der Waals surface area contributed by atoms with Crippen molar-refractivity contribution in [2.45, 2.75) is 20.4 Å². The van der Waals surface area contributed by atoms with Crippen molar-refractivity contribution < 1.29 is 4.79 Å². The molecule has 0 bridgehead atoms. The lowest BCUT2D eigenvalue weighted by molar-refractivity contribution is 0.102. The van der Waals surface area contributed by atoms with E-state index in [2.05, 4.69) is 15.3 Å². The molecule has 2 heterocycles. The third kappa shape index (κ3) is 3.06. The monoisotopic (exact) mass is 378 g/mol. The fraction of sp³-hybridized carbons (Fsp3) is 0.150. The van der Waals surface area contributed by atoms with Crippen LogP contribution < -0.4 is 10.9 Å². The van der Waals surface area contributed by atoms with Gasteiger partial charge in [0, 0.05) is 34.4 Å². The first kappa shape index (κ1) is 17.2. The summed E-state index contributed by atoms with van der Waals surface area (Å²) in [5, 5.41) is 4.44. The van der Waals surface area contributed by atoms with Crippen LogP contribution >= 0.6 is 12.2 Å². The lowest BCUT2D eigenvalue weighted by Crippen LogP contribution is -2.21. The SMILES string of the molecule is CCn1c(=S)[nH]c2cc(C(=O)Nc3ccc4[nH]c(C)cc4c3)ccc2c1=O. The number of aryl methyl sites for hydroxylation is 1. The number of aromatic nitrogens is 3. The minimum absolute atomic E-state index is 0.156. The van der Waals surface area contributed by atoms with Crippen molar-refractivity contribution in [3.8, 4) is 0 Å². The number of benzene rings is 2. The van der Waals surface area contributed by atoms with Crippen molar-refractivity contribution in [2.24, 2.45) is 0 Å². The molecule has 6 nitrogen and oxygen atoms in total. The number of nitrogens with one attached hydrogen (secondary N) is 3. The van der Waals surface area contributed by atoms with Gasteiger partial charge in [-0.1, -0.05) is 0 Å². The van der Waals surface area contributed by atoms with E-state index in [4.69, 9.17) is 12.2 Å². The predicted octanol–water partition coefficient (Wildman–Crippen LogP) is 4.12. The number of anilines is 1. The van der Waals surface area contributed by atoms with E-state index >= 15 is 0 Å². The van der Waals surface area contributed by atoms with Crippen LogP contribution in [0.2, 0.25) is 0 Å². The van der Waals surface area contributed by atoms with Crippen molar-refractivity contribution in [3.05, 3.63) is 68.8 Å². The average Bonchev–Trinajstić information content (AvgIpc) is 3.00. The number of amides is 1. The van der Waals surface area contributed by atoms with E-state index in [9.17, 15) is 9.59 Å². The van der Waals surface area contributed by atoms with Crippen molar-refractivity contribution in [1.29, 1.82) is 0 Å². The molecular formula is C20H18N4O2S. The van der Waals surface area contributed by atoms with Crippen LogP contribution in [0.3, 0.4) is 0 Å². The normalized spacial score (nSPS) is 11.2. The standard InChI is InChI=1S/C20H18N4O2S/c1-3-24-19(26)15-6-4-12(10-17(15)23-20(24)27)18(25)22-14-5-7-16-13(9-14)8-11(2)21-16/h4-10,21H,3H2,1-2H3,(H,22,25)(H,23,27). The van der Waals surface area contributed by atoms with Crippen LogP contribution in [0.15, 0.2) is 47.3 Å². The lowest BCUT2D eigenvalue weighted by atomic mass is 10.1. The van der Waals surface area contributed by atoms with E-state index in [1.807, 2.05) is 38.1 Å². The van der Waals surface area contributed by atoms with E-state index in [-0.39, 0.29) is 11.5 Å². The number of nitrogens with zero attached hydrogens (tertiary/aromatic N) is 1. The van der Waals surface area contributed by atoms with Gasteiger partial charge in [-0.25, -0.2) is 0 Å².